The van der Waals surface area contributed by atoms with E-state index < -0.39 is 10.0 Å². The van der Waals surface area contributed by atoms with Crippen molar-refractivity contribution in [2.24, 2.45) is 0 Å². The standard InChI is InChI=1S/C20H26N2O4S/c1-16-10-11-17(2)19(14-16)22(15-20(23)21-12-7-13-26-3)27(24,25)18-8-5-4-6-9-18/h4-6,8-11,14H,7,12-13,15H2,1-3H3,(H,21,23). The molecule has 0 saturated heterocycles. The molecule has 0 aliphatic heterocycles. The van der Waals surface area contributed by atoms with Crippen LogP contribution in [0.5, 0.6) is 0 Å². The molecule has 6 nitrogen and oxygen atoms in total. The Morgan fingerprint density at radius 3 is 2.48 bits per heavy atom. The molecule has 0 aliphatic rings. The summed E-state index contributed by atoms with van der Waals surface area (Å²) >= 11 is 0. The molecule has 2 aromatic rings. The topological polar surface area (TPSA) is 75.7 Å². The molecule has 2 rings (SSSR count). The Balaban J connectivity index is 2.35. The Hall–Kier alpha value is -2.38. The minimum Gasteiger partial charge on any atom is -0.385 e. The summed E-state index contributed by atoms with van der Waals surface area (Å²) < 4.78 is 32.6. The number of anilines is 1. The molecule has 0 saturated carbocycles. The first-order chi connectivity index (χ1) is 12.9. The second-order valence-corrected chi connectivity index (χ2v) is 8.17. The maximum Gasteiger partial charge on any atom is 0.264 e. The Morgan fingerprint density at radius 1 is 1.11 bits per heavy atom. The third-order valence-corrected chi connectivity index (χ3v) is 5.87. The second-order valence-electron chi connectivity index (χ2n) is 6.31. The van der Waals surface area contributed by atoms with Crippen LogP contribution in [-0.4, -0.2) is 41.1 Å². The number of methoxy groups -OCH3 is 1. The fraction of sp³-hybridized carbons (Fsp3) is 0.350. The summed E-state index contributed by atoms with van der Waals surface area (Å²) in [6, 6.07) is 13.7. The van der Waals surface area contributed by atoms with Crippen LogP contribution in [0.15, 0.2) is 53.4 Å². The van der Waals surface area contributed by atoms with Crippen molar-refractivity contribution in [2.75, 3.05) is 31.1 Å². The van der Waals surface area contributed by atoms with Gasteiger partial charge in [-0.05, 0) is 49.6 Å². The number of aryl methyl sites for hydroxylation is 2. The Morgan fingerprint density at radius 2 is 1.81 bits per heavy atom. The number of nitrogens with one attached hydrogen (secondary N) is 1. The van der Waals surface area contributed by atoms with Crippen LogP contribution in [0.2, 0.25) is 0 Å². The van der Waals surface area contributed by atoms with E-state index in [0.717, 1.165) is 11.1 Å². The number of nitrogens with zero attached hydrogens (tertiary/aromatic N) is 1. The van der Waals surface area contributed by atoms with Crippen LogP contribution < -0.4 is 9.62 Å². The summed E-state index contributed by atoms with van der Waals surface area (Å²) in [4.78, 5) is 12.6. The molecule has 27 heavy (non-hydrogen) atoms. The zero-order valence-corrected chi connectivity index (χ0v) is 16.8. The predicted molar refractivity (Wildman–Crippen MR) is 106 cm³/mol. The van der Waals surface area contributed by atoms with Crippen LogP contribution in [0, 0.1) is 13.8 Å². The molecule has 0 spiro atoms. The lowest BCUT2D eigenvalue weighted by Crippen LogP contribution is -2.41. The number of ether oxygens (including phenoxy) is 1. The lowest BCUT2D eigenvalue weighted by Gasteiger charge is -2.26. The van der Waals surface area contributed by atoms with Crippen molar-refractivity contribution >= 4 is 21.6 Å². The number of amides is 1. The summed E-state index contributed by atoms with van der Waals surface area (Å²) in [5.74, 6) is -0.355. The molecule has 0 fully saturated rings. The Bertz CT molecular complexity index is 867. The molecule has 0 aliphatic carbocycles. The summed E-state index contributed by atoms with van der Waals surface area (Å²) in [5.41, 5.74) is 2.21. The van der Waals surface area contributed by atoms with Gasteiger partial charge < -0.3 is 10.1 Å². The van der Waals surface area contributed by atoms with E-state index in [1.807, 2.05) is 26.0 Å². The molecule has 1 N–H and O–H groups in total. The van der Waals surface area contributed by atoms with E-state index in [4.69, 9.17) is 4.74 Å². The van der Waals surface area contributed by atoms with Gasteiger partial charge in [-0.15, -0.1) is 0 Å². The highest BCUT2D eigenvalue weighted by Crippen LogP contribution is 2.27. The van der Waals surface area contributed by atoms with Crippen LogP contribution in [0.4, 0.5) is 5.69 Å². The predicted octanol–water partition coefficient (Wildman–Crippen LogP) is 2.65. The lowest BCUT2D eigenvalue weighted by atomic mass is 10.1. The molecule has 7 heteroatoms. The Kier molecular flexibility index (Phi) is 7.38. The van der Waals surface area contributed by atoms with Crippen molar-refractivity contribution in [3.8, 4) is 0 Å². The molecule has 0 aromatic heterocycles. The van der Waals surface area contributed by atoms with E-state index in [2.05, 4.69) is 5.32 Å². The second kappa shape index (κ2) is 9.53. The van der Waals surface area contributed by atoms with Crippen LogP contribution in [0.3, 0.4) is 0 Å². The number of carbonyl (C=O) groups excluding carboxylic acids is 1. The van der Waals surface area contributed by atoms with Crippen molar-refractivity contribution in [1.82, 2.24) is 5.32 Å². The van der Waals surface area contributed by atoms with Gasteiger partial charge in [-0.25, -0.2) is 8.42 Å². The SMILES string of the molecule is COCCCNC(=O)CN(c1cc(C)ccc1C)S(=O)(=O)c1ccccc1. The number of hydrogen-bond acceptors (Lipinski definition) is 4. The van der Waals surface area contributed by atoms with Crippen molar-refractivity contribution in [3.05, 3.63) is 59.7 Å². The van der Waals surface area contributed by atoms with Gasteiger partial charge in [0, 0.05) is 20.3 Å². The fourth-order valence-corrected chi connectivity index (χ4v) is 4.14. The van der Waals surface area contributed by atoms with E-state index in [-0.39, 0.29) is 17.3 Å². The molecule has 0 atom stereocenters. The molecule has 0 heterocycles. The monoisotopic (exact) mass is 390 g/mol. The summed E-state index contributed by atoms with van der Waals surface area (Å²) in [5, 5.41) is 2.75. The maximum absolute atomic E-state index is 13.2. The van der Waals surface area contributed by atoms with Gasteiger partial charge in [-0.3, -0.25) is 9.10 Å². The quantitative estimate of drug-likeness (QED) is 0.668. The van der Waals surface area contributed by atoms with Gasteiger partial charge in [0.1, 0.15) is 6.54 Å². The van der Waals surface area contributed by atoms with Crippen LogP contribution in [0.25, 0.3) is 0 Å². The smallest absolute Gasteiger partial charge is 0.264 e. The fourth-order valence-electron chi connectivity index (χ4n) is 2.64. The molecule has 0 bridgehead atoms. The molecule has 0 radical (unpaired) electrons. The number of sulfonamides is 1. The molecule has 146 valence electrons. The van der Waals surface area contributed by atoms with E-state index >= 15 is 0 Å². The average Bonchev–Trinajstić information content (AvgIpc) is 2.66. The minimum atomic E-state index is -3.88. The third-order valence-electron chi connectivity index (χ3n) is 4.10. The van der Waals surface area contributed by atoms with E-state index in [1.165, 1.54) is 16.4 Å². The van der Waals surface area contributed by atoms with E-state index in [1.54, 1.807) is 31.4 Å². The van der Waals surface area contributed by atoms with Crippen molar-refractivity contribution in [2.45, 2.75) is 25.2 Å². The first-order valence-corrected chi connectivity index (χ1v) is 10.2. The van der Waals surface area contributed by atoms with Gasteiger partial charge in [-0.1, -0.05) is 30.3 Å². The number of benzene rings is 2. The van der Waals surface area contributed by atoms with Crippen LogP contribution in [-0.2, 0) is 19.6 Å². The highest BCUT2D eigenvalue weighted by Gasteiger charge is 2.28. The lowest BCUT2D eigenvalue weighted by molar-refractivity contribution is -0.119. The van der Waals surface area contributed by atoms with Crippen LogP contribution in [0.1, 0.15) is 17.5 Å². The van der Waals surface area contributed by atoms with Crippen molar-refractivity contribution in [1.29, 1.82) is 0 Å². The van der Waals surface area contributed by atoms with Gasteiger partial charge in [0.2, 0.25) is 5.91 Å². The summed E-state index contributed by atoms with van der Waals surface area (Å²) in [6.45, 7) is 4.40. The zero-order valence-electron chi connectivity index (χ0n) is 15.9. The van der Waals surface area contributed by atoms with Crippen LogP contribution >= 0.6 is 0 Å². The van der Waals surface area contributed by atoms with Crippen molar-refractivity contribution < 1.29 is 17.9 Å². The van der Waals surface area contributed by atoms with Gasteiger partial charge in [-0.2, -0.15) is 0 Å². The first kappa shape index (κ1) is 20.9. The molecule has 2 aromatic carbocycles. The molecule has 1 amide bonds. The Labute approximate surface area is 161 Å². The molecular formula is C20H26N2O4S. The number of carbonyl (C=O) groups is 1. The number of rotatable bonds is 9. The van der Waals surface area contributed by atoms with Gasteiger partial charge in [0.15, 0.2) is 0 Å². The number of hydrogen-bond donors (Lipinski definition) is 1. The first-order valence-electron chi connectivity index (χ1n) is 8.77. The average molecular weight is 391 g/mol. The summed E-state index contributed by atoms with van der Waals surface area (Å²) in [7, 11) is -2.28. The van der Waals surface area contributed by atoms with Gasteiger partial charge in [0.05, 0.1) is 10.6 Å². The largest absolute Gasteiger partial charge is 0.385 e. The molecule has 0 unspecified atom stereocenters. The zero-order chi connectivity index (χ0) is 19.9. The van der Waals surface area contributed by atoms with E-state index in [9.17, 15) is 13.2 Å². The maximum atomic E-state index is 13.2. The van der Waals surface area contributed by atoms with Gasteiger partial charge in [0.25, 0.3) is 10.0 Å². The molecular weight excluding hydrogens is 364 g/mol. The van der Waals surface area contributed by atoms with Crippen molar-refractivity contribution in [3.63, 3.8) is 0 Å². The third kappa shape index (κ3) is 5.55. The highest BCUT2D eigenvalue weighted by atomic mass is 32.2. The normalized spacial score (nSPS) is 11.2. The minimum absolute atomic E-state index is 0.151. The summed E-state index contributed by atoms with van der Waals surface area (Å²) in [6.07, 6.45) is 0.664. The highest BCUT2D eigenvalue weighted by molar-refractivity contribution is 7.92. The van der Waals surface area contributed by atoms with E-state index in [0.29, 0.717) is 25.3 Å². The van der Waals surface area contributed by atoms with Gasteiger partial charge >= 0.3 is 0 Å².